The maximum Gasteiger partial charge on any atom is 0.166 e. The summed E-state index contributed by atoms with van der Waals surface area (Å²) < 4.78 is 11.6. The van der Waals surface area contributed by atoms with Crippen LogP contribution in [0, 0.1) is 0 Å². The zero-order valence-electron chi connectivity index (χ0n) is 11.6. The Kier molecular flexibility index (Phi) is 4.94. The second-order valence-electron chi connectivity index (χ2n) is 5.15. The van der Waals surface area contributed by atoms with Crippen LogP contribution in [0.5, 0.6) is 11.5 Å². The molecule has 0 aromatic heterocycles. The minimum atomic E-state index is 0.152. The fourth-order valence-corrected chi connectivity index (χ4v) is 2.92. The Balaban J connectivity index is 2.37. The smallest absolute Gasteiger partial charge is 0.166 e. The Morgan fingerprint density at radius 1 is 1.37 bits per heavy atom. The van der Waals surface area contributed by atoms with Gasteiger partial charge in [-0.25, -0.2) is 0 Å². The Morgan fingerprint density at radius 3 is 2.63 bits per heavy atom. The molecule has 1 aliphatic rings. The van der Waals surface area contributed by atoms with E-state index in [0.29, 0.717) is 11.6 Å². The van der Waals surface area contributed by atoms with E-state index in [1.807, 2.05) is 12.1 Å². The van der Waals surface area contributed by atoms with Gasteiger partial charge in [0.15, 0.2) is 11.5 Å². The van der Waals surface area contributed by atoms with Crippen LogP contribution in [0.15, 0.2) is 12.1 Å². The first-order chi connectivity index (χ1) is 9.17. The number of hydrogen-bond acceptors (Lipinski definition) is 3. The van der Waals surface area contributed by atoms with Crippen molar-refractivity contribution in [2.75, 3.05) is 13.7 Å². The summed E-state index contributed by atoms with van der Waals surface area (Å²) in [7, 11) is 1.65. The SMILES string of the molecule is COc1ccc(Cl)c(C(C)CN)c1OC1CCCC1. The average molecular weight is 284 g/mol. The highest BCUT2D eigenvalue weighted by Crippen LogP contribution is 2.42. The van der Waals surface area contributed by atoms with Crippen LogP contribution in [0.4, 0.5) is 0 Å². The first-order valence-electron chi connectivity index (χ1n) is 6.90. The third-order valence-corrected chi connectivity index (χ3v) is 4.09. The molecule has 4 heteroatoms. The summed E-state index contributed by atoms with van der Waals surface area (Å²) >= 11 is 6.33. The minimum Gasteiger partial charge on any atom is -0.493 e. The van der Waals surface area contributed by atoms with E-state index in [0.717, 1.165) is 29.9 Å². The van der Waals surface area contributed by atoms with Crippen LogP contribution in [-0.2, 0) is 0 Å². The number of hydrogen-bond donors (Lipinski definition) is 1. The van der Waals surface area contributed by atoms with Crippen LogP contribution in [0.2, 0.25) is 5.02 Å². The molecule has 1 aliphatic carbocycles. The van der Waals surface area contributed by atoms with Crippen molar-refractivity contribution in [2.45, 2.75) is 44.6 Å². The number of methoxy groups -OCH3 is 1. The molecule has 0 saturated heterocycles. The van der Waals surface area contributed by atoms with E-state index in [1.54, 1.807) is 7.11 Å². The lowest BCUT2D eigenvalue weighted by molar-refractivity contribution is 0.198. The van der Waals surface area contributed by atoms with Gasteiger partial charge in [0, 0.05) is 10.6 Å². The molecule has 0 amide bonds. The molecule has 19 heavy (non-hydrogen) atoms. The first-order valence-corrected chi connectivity index (χ1v) is 7.28. The van der Waals surface area contributed by atoms with Crippen molar-refractivity contribution in [2.24, 2.45) is 5.73 Å². The van der Waals surface area contributed by atoms with Crippen molar-refractivity contribution >= 4 is 11.6 Å². The molecule has 106 valence electrons. The highest BCUT2D eigenvalue weighted by atomic mass is 35.5. The third kappa shape index (κ3) is 3.15. The lowest BCUT2D eigenvalue weighted by Crippen LogP contribution is -2.16. The maximum atomic E-state index is 6.33. The van der Waals surface area contributed by atoms with Gasteiger partial charge >= 0.3 is 0 Å². The number of ether oxygens (including phenoxy) is 2. The summed E-state index contributed by atoms with van der Waals surface area (Å²) in [6.45, 7) is 2.59. The van der Waals surface area contributed by atoms with Crippen molar-refractivity contribution in [1.82, 2.24) is 0 Å². The highest BCUT2D eigenvalue weighted by Gasteiger charge is 2.24. The Hall–Kier alpha value is -0.930. The zero-order valence-corrected chi connectivity index (χ0v) is 12.4. The molecule has 1 saturated carbocycles. The van der Waals surface area contributed by atoms with Crippen LogP contribution < -0.4 is 15.2 Å². The van der Waals surface area contributed by atoms with Crippen molar-refractivity contribution < 1.29 is 9.47 Å². The fourth-order valence-electron chi connectivity index (χ4n) is 2.59. The Bertz CT molecular complexity index is 430. The van der Waals surface area contributed by atoms with Crippen molar-refractivity contribution in [1.29, 1.82) is 0 Å². The zero-order chi connectivity index (χ0) is 13.8. The predicted molar refractivity (Wildman–Crippen MR) is 78.4 cm³/mol. The van der Waals surface area contributed by atoms with E-state index in [1.165, 1.54) is 12.8 Å². The lowest BCUT2D eigenvalue weighted by atomic mass is 9.99. The van der Waals surface area contributed by atoms with Gasteiger partial charge in [-0.1, -0.05) is 18.5 Å². The van der Waals surface area contributed by atoms with Gasteiger partial charge < -0.3 is 15.2 Å². The molecule has 1 unspecified atom stereocenters. The topological polar surface area (TPSA) is 44.5 Å². The molecule has 1 atom stereocenters. The molecule has 1 fully saturated rings. The van der Waals surface area contributed by atoms with Gasteiger partial charge in [-0.05, 0) is 50.3 Å². The molecule has 0 heterocycles. The summed E-state index contributed by atoms with van der Waals surface area (Å²) in [6, 6.07) is 3.71. The molecule has 1 aromatic rings. The Labute approximate surface area is 120 Å². The van der Waals surface area contributed by atoms with Crippen LogP contribution in [0.25, 0.3) is 0 Å². The molecule has 0 spiro atoms. The van der Waals surface area contributed by atoms with E-state index in [-0.39, 0.29) is 12.0 Å². The molecule has 0 radical (unpaired) electrons. The van der Waals surface area contributed by atoms with E-state index in [2.05, 4.69) is 6.92 Å². The Morgan fingerprint density at radius 2 is 2.05 bits per heavy atom. The minimum absolute atomic E-state index is 0.152. The molecule has 2 N–H and O–H groups in total. The molecular weight excluding hydrogens is 262 g/mol. The largest absolute Gasteiger partial charge is 0.493 e. The number of halogens is 1. The highest BCUT2D eigenvalue weighted by molar-refractivity contribution is 6.31. The van der Waals surface area contributed by atoms with Gasteiger partial charge in [-0.3, -0.25) is 0 Å². The van der Waals surface area contributed by atoms with E-state index in [4.69, 9.17) is 26.8 Å². The van der Waals surface area contributed by atoms with E-state index in [9.17, 15) is 0 Å². The maximum absolute atomic E-state index is 6.33. The van der Waals surface area contributed by atoms with E-state index < -0.39 is 0 Å². The van der Waals surface area contributed by atoms with Gasteiger partial charge in [0.2, 0.25) is 0 Å². The van der Waals surface area contributed by atoms with Crippen LogP contribution >= 0.6 is 11.6 Å². The molecular formula is C15H22ClNO2. The molecule has 0 bridgehead atoms. The second-order valence-corrected chi connectivity index (χ2v) is 5.56. The number of benzene rings is 1. The normalized spacial score (nSPS) is 17.5. The molecule has 2 rings (SSSR count). The monoisotopic (exact) mass is 283 g/mol. The standard InChI is InChI=1S/C15H22ClNO2/c1-10(9-17)14-12(16)7-8-13(18-2)15(14)19-11-5-3-4-6-11/h7-8,10-11H,3-6,9,17H2,1-2H3. The molecule has 3 nitrogen and oxygen atoms in total. The van der Waals surface area contributed by atoms with Crippen LogP contribution in [0.1, 0.15) is 44.1 Å². The lowest BCUT2D eigenvalue weighted by Gasteiger charge is -2.22. The summed E-state index contributed by atoms with van der Waals surface area (Å²) in [5.41, 5.74) is 6.75. The second kappa shape index (κ2) is 6.49. The van der Waals surface area contributed by atoms with Crippen molar-refractivity contribution in [3.05, 3.63) is 22.7 Å². The summed E-state index contributed by atoms with van der Waals surface area (Å²) in [5.74, 6) is 1.67. The van der Waals surface area contributed by atoms with Gasteiger partial charge in [-0.15, -0.1) is 0 Å². The van der Waals surface area contributed by atoms with Crippen molar-refractivity contribution in [3.8, 4) is 11.5 Å². The summed E-state index contributed by atoms with van der Waals surface area (Å²) in [5, 5.41) is 0.701. The fraction of sp³-hybridized carbons (Fsp3) is 0.600. The van der Waals surface area contributed by atoms with Crippen LogP contribution in [-0.4, -0.2) is 19.8 Å². The van der Waals surface area contributed by atoms with Gasteiger partial charge in [0.25, 0.3) is 0 Å². The number of nitrogens with two attached hydrogens (primary N) is 1. The summed E-state index contributed by atoms with van der Waals surface area (Å²) in [6.07, 6.45) is 4.94. The quantitative estimate of drug-likeness (QED) is 0.895. The number of rotatable bonds is 5. The van der Waals surface area contributed by atoms with Gasteiger partial charge in [0.05, 0.1) is 13.2 Å². The van der Waals surface area contributed by atoms with Crippen LogP contribution in [0.3, 0.4) is 0 Å². The first kappa shape index (κ1) is 14.5. The van der Waals surface area contributed by atoms with Gasteiger partial charge in [0.1, 0.15) is 0 Å². The molecule has 1 aromatic carbocycles. The van der Waals surface area contributed by atoms with Crippen molar-refractivity contribution in [3.63, 3.8) is 0 Å². The predicted octanol–water partition coefficient (Wildman–Crippen LogP) is 3.73. The summed E-state index contributed by atoms with van der Waals surface area (Å²) in [4.78, 5) is 0. The van der Waals surface area contributed by atoms with E-state index >= 15 is 0 Å². The average Bonchev–Trinajstić information content (AvgIpc) is 2.91. The third-order valence-electron chi connectivity index (χ3n) is 3.76. The molecule has 0 aliphatic heterocycles. The van der Waals surface area contributed by atoms with Gasteiger partial charge in [-0.2, -0.15) is 0 Å².